The zero-order valence-electron chi connectivity index (χ0n) is 9.67. The van der Waals surface area contributed by atoms with Crippen LogP contribution in [0, 0.1) is 0 Å². The Balaban J connectivity index is 2.12. The summed E-state index contributed by atoms with van der Waals surface area (Å²) in [6, 6.07) is 10.7. The largest absolute Gasteiger partial charge is 0.366 e. The van der Waals surface area contributed by atoms with Crippen LogP contribution in [0.2, 0.25) is 0 Å². The molecule has 0 radical (unpaired) electrons. The first-order chi connectivity index (χ1) is 8.69. The van der Waals surface area contributed by atoms with Gasteiger partial charge in [-0.05, 0) is 17.7 Å². The van der Waals surface area contributed by atoms with Crippen LogP contribution >= 0.6 is 0 Å². The van der Waals surface area contributed by atoms with Gasteiger partial charge in [-0.3, -0.25) is 14.6 Å². The predicted molar refractivity (Wildman–Crippen MR) is 67.4 cm³/mol. The van der Waals surface area contributed by atoms with Crippen LogP contribution in [0.4, 0.5) is 0 Å². The summed E-state index contributed by atoms with van der Waals surface area (Å²) in [4.78, 5) is 25.6. The number of hydrogen-bond acceptors (Lipinski definition) is 3. The summed E-state index contributed by atoms with van der Waals surface area (Å²) in [7, 11) is 0. The van der Waals surface area contributed by atoms with Crippen LogP contribution in [-0.2, 0) is 6.42 Å². The number of pyridine rings is 1. The first kappa shape index (κ1) is 12.0. The molecule has 0 spiro atoms. The summed E-state index contributed by atoms with van der Waals surface area (Å²) in [6.45, 7) is 0. The summed E-state index contributed by atoms with van der Waals surface area (Å²) < 4.78 is 0. The van der Waals surface area contributed by atoms with Crippen LogP contribution in [0.1, 0.15) is 32.0 Å². The van der Waals surface area contributed by atoms with Gasteiger partial charge >= 0.3 is 0 Å². The van der Waals surface area contributed by atoms with Gasteiger partial charge in [0.25, 0.3) is 0 Å². The molecule has 90 valence electrons. The maximum absolute atomic E-state index is 10.9. The lowest BCUT2D eigenvalue weighted by molar-refractivity contribution is 0.0999. The van der Waals surface area contributed by atoms with E-state index in [1.807, 2.05) is 12.1 Å². The minimum atomic E-state index is -0.482. The highest BCUT2D eigenvalue weighted by atomic mass is 16.1. The van der Waals surface area contributed by atoms with Crippen molar-refractivity contribution in [3.05, 3.63) is 65.0 Å². The van der Waals surface area contributed by atoms with Gasteiger partial charge in [-0.1, -0.05) is 24.3 Å². The number of rotatable bonds is 4. The molecule has 2 aromatic rings. The minimum absolute atomic E-state index is 0.398. The van der Waals surface area contributed by atoms with Crippen molar-refractivity contribution in [3.63, 3.8) is 0 Å². The quantitative estimate of drug-likeness (QED) is 0.824. The number of amides is 1. The van der Waals surface area contributed by atoms with E-state index in [4.69, 9.17) is 5.73 Å². The molecular formula is C14H12N2O2. The van der Waals surface area contributed by atoms with Gasteiger partial charge in [-0.25, -0.2) is 0 Å². The third kappa shape index (κ3) is 2.79. The van der Waals surface area contributed by atoms with Crippen molar-refractivity contribution in [1.82, 2.24) is 4.98 Å². The van der Waals surface area contributed by atoms with E-state index < -0.39 is 5.91 Å². The molecule has 4 nitrogen and oxygen atoms in total. The lowest BCUT2D eigenvalue weighted by atomic mass is 10.1. The SMILES string of the molecule is NC(=O)c1ccc(Cc2ccc(C=O)cc2)nc1. The van der Waals surface area contributed by atoms with Gasteiger partial charge < -0.3 is 5.73 Å². The highest BCUT2D eigenvalue weighted by molar-refractivity contribution is 5.92. The highest BCUT2D eigenvalue weighted by Gasteiger charge is 2.02. The van der Waals surface area contributed by atoms with Crippen LogP contribution in [-0.4, -0.2) is 17.2 Å². The van der Waals surface area contributed by atoms with Crippen molar-refractivity contribution in [1.29, 1.82) is 0 Å². The van der Waals surface area contributed by atoms with E-state index in [9.17, 15) is 9.59 Å². The Kier molecular flexibility index (Phi) is 3.48. The molecule has 2 rings (SSSR count). The van der Waals surface area contributed by atoms with Crippen LogP contribution in [0.3, 0.4) is 0 Å². The molecule has 0 bridgehead atoms. The zero-order valence-corrected chi connectivity index (χ0v) is 9.67. The summed E-state index contributed by atoms with van der Waals surface area (Å²) in [6.07, 6.45) is 2.93. The van der Waals surface area contributed by atoms with Gasteiger partial charge in [0.2, 0.25) is 5.91 Å². The van der Waals surface area contributed by atoms with Gasteiger partial charge in [0, 0.05) is 23.9 Å². The van der Waals surface area contributed by atoms with Crippen LogP contribution < -0.4 is 5.73 Å². The standard InChI is InChI=1S/C14H12N2O2/c15-14(18)12-5-6-13(16-8-12)7-10-1-3-11(9-17)4-2-10/h1-6,8-9H,7H2,(H2,15,18). The van der Waals surface area contributed by atoms with E-state index in [1.54, 1.807) is 24.3 Å². The van der Waals surface area contributed by atoms with Gasteiger partial charge in [0.1, 0.15) is 6.29 Å². The van der Waals surface area contributed by atoms with E-state index in [2.05, 4.69) is 4.98 Å². The van der Waals surface area contributed by atoms with Crippen LogP contribution in [0.15, 0.2) is 42.6 Å². The first-order valence-electron chi connectivity index (χ1n) is 5.48. The number of nitrogens with two attached hydrogens (primary N) is 1. The maximum atomic E-state index is 10.9. The van der Waals surface area contributed by atoms with E-state index in [1.165, 1.54) is 6.20 Å². The van der Waals surface area contributed by atoms with Gasteiger partial charge in [0.15, 0.2) is 0 Å². The third-order valence-corrected chi connectivity index (χ3v) is 2.61. The molecule has 18 heavy (non-hydrogen) atoms. The Morgan fingerprint density at radius 3 is 2.39 bits per heavy atom. The molecule has 1 heterocycles. The van der Waals surface area contributed by atoms with Gasteiger partial charge in [-0.2, -0.15) is 0 Å². The van der Waals surface area contributed by atoms with Crippen molar-refractivity contribution >= 4 is 12.2 Å². The summed E-state index contributed by atoms with van der Waals surface area (Å²) in [5.74, 6) is -0.482. The number of aldehydes is 1. The molecule has 0 atom stereocenters. The fraction of sp³-hybridized carbons (Fsp3) is 0.0714. The first-order valence-corrected chi connectivity index (χ1v) is 5.48. The highest BCUT2D eigenvalue weighted by Crippen LogP contribution is 2.09. The third-order valence-electron chi connectivity index (χ3n) is 2.61. The number of aromatic nitrogens is 1. The van der Waals surface area contributed by atoms with Crippen molar-refractivity contribution in [2.45, 2.75) is 6.42 Å². The lowest BCUT2D eigenvalue weighted by Crippen LogP contribution is -2.11. The molecule has 0 unspecified atom stereocenters. The fourth-order valence-electron chi connectivity index (χ4n) is 1.60. The smallest absolute Gasteiger partial charge is 0.250 e. The molecule has 2 N–H and O–H groups in total. The predicted octanol–water partition coefficient (Wildman–Crippen LogP) is 1.58. The van der Waals surface area contributed by atoms with Crippen LogP contribution in [0.25, 0.3) is 0 Å². The summed E-state index contributed by atoms with van der Waals surface area (Å²) in [5, 5.41) is 0. The second-order valence-corrected chi connectivity index (χ2v) is 3.94. The number of hydrogen-bond donors (Lipinski definition) is 1. The fourth-order valence-corrected chi connectivity index (χ4v) is 1.60. The van der Waals surface area contributed by atoms with E-state index in [0.29, 0.717) is 17.5 Å². The number of carbonyl (C=O) groups excluding carboxylic acids is 2. The molecule has 0 aliphatic heterocycles. The van der Waals surface area contributed by atoms with Crippen LogP contribution in [0.5, 0.6) is 0 Å². The molecule has 1 aromatic carbocycles. The minimum Gasteiger partial charge on any atom is -0.366 e. The molecular weight excluding hydrogens is 228 g/mol. The van der Waals surface area contributed by atoms with E-state index >= 15 is 0 Å². The number of primary amides is 1. The lowest BCUT2D eigenvalue weighted by Gasteiger charge is -2.02. The monoisotopic (exact) mass is 240 g/mol. The normalized spacial score (nSPS) is 10.0. The molecule has 0 aliphatic rings. The molecule has 4 heteroatoms. The Morgan fingerprint density at radius 2 is 1.89 bits per heavy atom. The van der Waals surface area contributed by atoms with Crippen molar-refractivity contribution < 1.29 is 9.59 Å². The Bertz CT molecular complexity index is 559. The second-order valence-electron chi connectivity index (χ2n) is 3.94. The Morgan fingerprint density at radius 1 is 1.17 bits per heavy atom. The van der Waals surface area contributed by atoms with Crippen molar-refractivity contribution in [2.75, 3.05) is 0 Å². The second kappa shape index (κ2) is 5.23. The van der Waals surface area contributed by atoms with E-state index in [0.717, 1.165) is 17.5 Å². The zero-order chi connectivity index (χ0) is 13.0. The molecule has 1 aromatic heterocycles. The Labute approximate surface area is 104 Å². The number of carbonyl (C=O) groups is 2. The molecule has 1 amide bonds. The number of benzene rings is 1. The average molecular weight is 240 g/mol. The molecule has 0 saturated carbocycles. The van der Waals surface area contributed by atoms with E-state index in [-0.39, 0.29) is 0 Å². The Hall–Kier alpha value is -2.49. The molecule has 0 saturated heterocycles. The topological polar surface area (TPSA) is 73.1 Å². The molecule has 0 fully saturated rings. The number of nitrogens with zero attached hydrogens (tertiary/aromatic N) is 1. The average Bonchev–Trinajstić information content (AvgIpc) is 2.40. The summed E-state index contributed by atoms with van der Waals surface area (Å²) >= 11 is 0. The molecule has 0 aliphatic carbocycles. The summed E-state index contributed by atoms with van der Waals surface area (Å²) in [5.41, 5.74) is 8.09. The van der Waals surface area contributed by atoms with Crippen molar-refractivity contribution in [3.8, 4) is 0 Å². The maximum Gasteiger partial charge on any atom is 0.250 e. The van der Waals surface area contributed by atoms with Gasteiger partial charge in [0.05, 0.1) is 5.56 Å². The van der Waals surface area contributed by atoms with Gasteiger partial charge in [-0.15, -0.1) is 0 Å². The van der Waals surface area contributed by atoms with Crippen molar-refractivity contribution in [2.24, 2.45) is 5.73 Å².